The minimum absolute atomic E-state index is 0.227. The highest BCUT2D eigenvalue weighted by atomic mass is 35.5. The second-order valence-electron chi connectivity index (χ2n) is 6.06. The molecule has 3 aromatic rings. The molecule has 0 aliphatic heterocycles. The maximum Gasteiger partial charge on any atom is 0.166 e. The third-order valence-corrected chi connectivity index (χ3v) is 4.51. The molecule has 0 heterocycles. The van der Waals surface area contributed by atoms with Crippen LogP contribution in [0, 0.1) is 5.82 Å². The molecule has 0 aliphatic rings. The minimum atomic E-state index is -0.369. The lowest BCUT2D eigenvalue weighted by Crippen LogP contribution is -2.14. The predicted octanol–water partition coefficient (Wildman–Crippen LogP) is 5.36. The third-order valence-electron chi connectivity index (χ3n) is 4.15. The summed E-state index contributed by atoms with van der Waals surface area (Å²) in [5, 5.41) is 3.76. The van der Waals surface area contributed by atoms with Crippen LogP contribution in [-0.4, -0.2) is 7.11 Å². The van der Waals surface area contributed by atoms with Crippen LogP contribution in [0.4, 0.5) is 4.39 Å². The molecule has 3 aromatic carbocycles. The van der Waals surface area contributed by atoms with E-state index >= 15 is 0 Å². The van der Waals surface area contributed by atoms with Gasteiger partial charge in [-0.1, -0.05) is 60.1 Å². The summed E-state index contributed by atoms with van der Waals surface area (Å²) in [6.07, 6.45) is 0. The van der Waals surface area contributed by atoms with E-state index in [0.717, 1.165) is 12.1 Å². The highest BCUT2D eigenvalue weighted by Gasteiger charge is 2.12. The largest absolute Gasteiger partial charge is 0.493 e. The fourth-order valence-corrected chi connectivity index (χ4v) is 2.97. The van der Waals surface area contributed by atoms with Crippen molar-refractivity contribution in [3.05, 3.63) is 94.3 Å². The van der Waals surface area contributed by atoms with Crippen molar-refractivity contribution in [2.45, 2.75) is 19.7 Å². The number of nitrogens with one attached hydrogen (secondary N) is 1. The number of methoxy groups -OCH3 is 1. The lowest BCUT2D eigenvalue weighted by molar-refractivity contribution is 0.280. The van der Waals surface area contributed by atoms with Crippen LogP contribution in [0.25, 0.3) is 0 Å². The van der Waals surface area contributed by atoms with E-state index < -0.39 is 0 Å². The molecule has 27 heavy (non-hydrogen) atoms. The van der Waals surface area contributed by atoms with E-state index in [-0.39, 0.29) is 12.4 Å². The van der Waals surface area contributed by atoms with Crippen LogP contribution in [0.5, 0.6) is 11.5 Å². The van der Waals surface area contributed by atoms with Crippen molar-refractivity contribution in [1.82, 2.24) is 5.32 Å². The van der Waals surface area contributed by atoms with Gasteiger partial charge in [0.2, 0.25) is 0 Å². The molecular weight excluding hydrogens is 365 g/mol. The van der Waals surface area contributed by atoms with Gasteiger partial charge in [0.05, 0.1) is 12.1 Å². The Morgan fingerprint density at radius 2 is 1.74 bits per heavy atom. The van der Waals surface area contributed by atoms with Crippen molar-refractivity contribution in [1.29, 1.82) is 0 Å². The average Bonchev–Trinajstić information content (AvgIpc) is 2.68. The zero-order valence-corrected chi connectivity index (χ0v) is 15.8. The summed E-state index contributed by atoms with van der Waals surface area (Å²) in [6, 6.07) is 20.2. The summed E-state index contributed by atoms with van der Waals surface area (Å²) < 4.78 is 24.7. The number of para-hydroxylation sites is 1. The van der Waals surface area contributed by atoms with Crippen LogP contribution in [0.2, 0.25) is 5.02 Å². The predicted molar refractivity (Wildman–Crippen MR) is 106 cm³/mol. The van der Waals surface area contributed by atoms with Crippen molar-refractivity contribution in [2.75, 3.05) is 7.11 Å². The third kappa shape index (κ3) is 5.22. The molecule has 0 atom stereocenters. The van der Waals surface area contributed by atoms with Crippen LogP contribution in [0.3, 0.4) is 0 Å². The first kappa shape index (κ1) is 19.2. The number of ether oxygens (including phenoxy) is 2. The lowest BCUT2D eigenvalue weighted by Gasteiger charge is -2.16. The van der Waals surface area contributed by atoms with Gasteiger partial charge in [0, 0.05) is 24.2 Å². The van der Waals surface area contributed by atoms with Crippen LogP contribution in [0.15, 0.2) is 66.7 Å². The van der Waals surface area contributed by atoms with E-state index in [0.29, 0.717) is 28.6 Å². The highest BCUT2D eigenvalue weighted by molar-refractivity contribution is 6.31. The second kappa shape index (κ2) is 9.40. The van der Waals surface area contributed by atoms with Gasteiger partial charge in [0.25, 0.3) is 0 Å². The van der Waals surface area contributed by atoms with Crippen molar-refractivity contribution in [2.24, 2.45) is 0 Å². The van der Waals surface area contributed by atoms with Crippen molar-refractivity contribution in [3.63, 3.8) is 0 Å². The Morgan fingerprint density at radius 3 is 2.48 bits per heavy atom. The van der Waals surface area contributed by atoms with E-state index in [1.807, 2.05) is 36.4 Å². The van der Waals surface area contributed by atoms with E-state index in [1.54, 1.807) is 13.2 Å². The van der Waals surface area contributed by atoms with Crippen molar-refractivity contribution < 1.29 is 13.9 Å². The van der Waals surface area contributed by atoms with Gasteiger partial charge in [-0.05, 0) is 23.8 Å². The highest BCUT2D eigenvalue weighted by Crippen LogP contribution is 2.32. The van der Waals surface area contributed by atoms with E-state index in [9.17, 15) is 4.39 Å². The normalized spacial score (nSPS) is 10.6. The molecular formula is C22H21ClFNO2. The van der Waals surface area contributed by atoms with E-state index in [2.05, 4.69) is 17.4 Å². The van der Waals surface area contributed by atoms with E-state index in [1.165, 1.54) is 17.7 Å². The molecule has 0 radical (unpaired) electrons. The summed E-state index contributed by atoms with van der Waals surface area (Å²) in [7, 11) is 1.61. The summed E-state index contributed by atoms with van der Waals surface area (Å²) in [5.41, 5.74) is 2.90. The molecule has 140 valence electrons. The van der Waals surface area contributed by atoms with Gasteiger partial charge in [-0.25, -0.2) is 4.39 Å². The van der Waals surface area contributed by atoms with Gasteiger partial charge in [-0.2, -0.15) is 0 Å². The Kier molecular flexibility index (Phi) is 6.69. The summed E-state index contributed by atoms with van der Waals surface area (Å²) in [6.45, 7) is 1.60. The average molecular weight is 386 g/mol. The molecule has 5 heteroatoms. The van der Waals surface area contributed by atoms with Crippen molar-refractivity contribution >= 4 is 11.6 Å². The number of rotatable bonds is 8. The van der Waals surface area contributed by atoms with Gasteiger partial charge in [0.1, 0.15) is 12.4 Å². The number of hydrogen-bond acceptors (Lipinski definition) is 3. The zero-order chi connectivity index (χ0) is 19.1. The standard InChI is InChI=1S/C22H21ClFNO2/c1-26-21-9-5-8-17(14-25-13-16-6-3-2-4-7-16)22(21)27-15-18-10-11-19(24)12-20(18)23/h2-12,25H,13-15H2,1H3. The molecule has 0 aromatic heterocycles. The molecule has 0 amide bonds. The quantitative estimate of drug-likeness (QED) is 0.566. The molecule has 0 spiro atoms. The maximum absolute atomic E-state index is 13.2. The molecule has 3 rings (SSSR count). The van der Waals surface area contributed by atoms with Gasteiger partial charge in [0.15, 0.2) is 11.5 Å². The molecule has 0 saturated heterocycles. The first-order chi connectivity index (χ1) is 13.2. The van der Waals surface area contributed by atoms with Crippen LogP contribution in [0.1, 0.15) is 16.7 Å². The molecule has 0 fully saturated rings. The fourth-order valence-electron chi connectivity index (χ4n) is 2.75. The maximum atomic E-state index is 13.2. The molecule has 1 N–H and O–H groups in total. The minimum Gasteiger partial charge on any atom is -0.493 e. The van der Waals surface area contributed by atoms with Crippen LogP contribution < -0.4 is 14.8 Å². The second-order valence-corrected chi connectivity index (χ2v) is 6.47. The first-order valence-corrected chi connectivity index (χ1v) is 9.02. The Hall–Kier alpha value is -2.56. The Labute approximate surface area is 163 Å². The lowest BCUT2D eigenvalue weighted by atomic mass is 10.1. The SMILES string of the molecule is COc1cccc(CNCc2ccccc2)c1OCc1ccc(F)cc1Cl. The smallest absolute Gasteiger partial charge is 0.166 e. The van der Waals surface area contributed by atoms with Gasteiger partial charge in [-0.3, -0.25) is 0 Å². The fraction of sp³-hybridized carbons (Fsp3) is 0.182. The Morgan fingerprint density at radius 1 is 0.926 bits per heavy atom. The first-order valence-electron chi connectivity index (χ1n) is 8.64. The Balaban J connectivity index is 1.71. The molecule has 0 bridgehead atoms. The van der Waals surface area contributed by atoms with Crippen molar-refractivity contribution in [3.8, 4) is 11.5 Å². The van der Waals surface area contributed by atoms with Gasteiger partial charge in [-0.15, -0.1) is 0 Å². The summed E-state index contributed by atoms with van der Waals surface area (Å²) >= 11 is 6.10. The summed E-state index contributed by atoms with van der Waals surface area (Å²) in [4.78, 5) is 0. The molecule has 0 aliphatic carbocycles. The zero-order valence-electron chi connectivity index (χ0n) is 15.0. The van der Waals surface area contributed by atoms with Crippen LogP contribution >= 0.6 is 11.6 Å². The Bertz CT molecular complexity index is 887. The number of benzene rings is 3. The topological polar surface area (TPSA) is 30.5 Å². The summed E-state index contributed by atoms with van der Waals surface area (Å²) in [5.74, 6) is 0.931. The van der Waals surface area contributed by atoms with Gasteiger partial charge >= 0.3 is 0 Å². The van der Waals surface area contributed by atoms with E-state index in [4.69, 9.17) is 21.1 Å². The van der Waals surface area contributed by atoms with Crippen LogP contribution in [-0.2, 0) is 19.7 Å². The monoisotopic (exact) mass is 385 g/mol. The molecule has 0 saturated carbocycles. The molecule has 3 nitrogen and oxygen atoms in total. The number of hydrogen-bond donors (Lipinski definition) is 1. The molecule has 0 unspecified atom stereocenters. The van der Waals surface area contributed by atoms with Gasteiger partial charge < -0.3 is 14.8 Å². The number of halogens is 2.